The lowest BCUT2D eigenvalue weighted by Gasteiger charge is -2.20. The van der Waals surface area contributed by atoms with E-state index in [1.165, 1.54) is 42.2 Å². The van der Waals surface area contributed by atoms with Crippen LogP contribution in [-0.2, 0) is 12.8 Å². The van der Waals surface area contributed by atoms with Gasteiger partial charge in [-0.3, -0.25) is 0 Å². The Kier molecular flexibility index (Phi) is 2.86. The highest BCUT2D eigenvalue weighted by molar-refractivity contribution is 5.93. The quantitative estimate of drug-likeness (QED) is 0.798. The van der Waals surface area contributed by atoms with Crippen molar-refractivity contribution in [3.63, 3.8) is 0 Å². The Balaban J connectivity index is 2.31. The molecule has 1 aliphatic rings. The van der Waals surface area contributed by atoms with E-state index in [0.29, 0.717) is 0 Å². The van der Waals surface area contributed by atoms with Gasteiger partial charge in [-0.1, -0.05) is 6.07 Å². The highest BCUT2D eigenvalue weighted by atomic mass is 16.5. The van der Waals surface area contributed by atoms with Gasteiger partial charge in [0.25, 0.3) is 0 Å². The second kappa shape index (κ2) is 4.52. The molecular formula is C16H18O2. The molecule has 18 heavy (non-hydrogen) atoms. The Labute approximate surface area is 108 Å². The topological polar surface area (TPSA) is 18.5 Å². The molecule has 0 bridgehead atoms. The molecule has 0 radical (unpaired) electrons. The molecule has 1 aliphatic carbocycles. The van der Waals surface area contributed by atoms with Crippen molar-refractivity contribution in [2.75, 3.05) is 14.2 Å². The van der Waals surface area contributed by atoms with Crippen LogP contribution in [0.3, 0.4) is 0 Å². The van der Waals surface area contributed by atoms with Gasteiger partial charge < -0.3 is 9.47 Å². The second-order valence-electron chi connectivity index (χ2n) is 4.84. The molecule has 2 aromatic rings. The number of rotatable bonds is 2. The monoisotopic (exact) mass is 242 g/mol. The van der Waals surface area contributed by atoms with E-state index in [4.69, 9.17) is 9.47 Å². The highest BCUT2D eigenvalue weighted by Gasteiger charge is 2.16. The molecule has 0 fully saturated rings. The Hall–Kier alpha value is -1.70. The van der Waals surface area contributed by atoms with E-state index in [-0.39, 0.29) is 0 Å². The van der Waals surface area contributed by atoms with E-state index in [2.05, 4.69) is 18.2 Å². The largest absolute Gasteiger partial charge is 0.497 e. The molecule has 2 nitrogen and oxygen atoms in total. The molecule has 0 unspecified atom stereocenters. The maximum atomic E-state index is 5.54. The van der Waals surface area contributed by atoms with Gasteiger partial charge in [0, 0.05) is 5.39 Å². The summed E-state index contributed by atoms with van der Waals surface area (Å²) in [4.78, 5) is 0. The predicted molar refractivity (Wildman–Crippen MR) is 73.7 cm³/mol. The Morgan fingerprint density at radius 2 is 1.72 bits per heavy atom. The number of methoxy groups -OCH3 is 2. The third-order valence-corrected chi connectivity index (χ3v) is 3.85. The molecule has 0 aromatic heterocycles. The summed E-state index contributed by atoms with van der Waals surface area (Å²) in [6.07, 6.45) is 4.94. The summed E-state index contributed by atoms with van der Waals surface area (Å²) < 4.78 is 10.8. The molecule has 3 rings (SSSR count). The first-order chi connectivity index (χ1) is 8.83. The van der Waals surface area contributed by atoms with E-state index in [0.717, 1.165) is 16.9 Å². The summed E-state index contributed by atoms with van der Waals surface area (Å²) in [6, 6.07) is 8.48. The minimum absolute atomic E-state index is 0.886. The minimum Gasteiger partial charge on any atom is -0.497 e. The lowest BCUT2D eigenvalue weighted by atomic mass is 9.87. The van der Waals surface area contributed by atoms with Gasteiger partial charge in [-0.2, -0.15) is 0 Å². The van der Waals surface area contributed by atoms with E-state index >= 15 is 0 Å². The van der Waals surface area contributed by atoms with Crippen LogP contribution in [0.25, 0.3) is 10.8 Å². The Bertz CT molecular complexity index is 587. The van der Waals surface area contributed by atoms with Crippen LogP contribution in [0, 0.1) is 0 Å². The van der Waals surface area contributed by atoms with Crippen molar-refractivity contribution in [3.05, 3.63) is 35.4 Å². The highest BCUT2D eigenvalue weighted by Crippen LogP contribution is 2.37. The lowest BCUT2D eigenvalue weighted by molar-refractivity contribution is 0.412. The molecule has 0 amide bonds. The van der Waals surface area contributed by atoms with Crippen molar-refractivity contribution in [1.29, 1.82) is 0 Å². The van der Waals surface area contributed by atoms with Crippen LogP contribution in [0.1, 0.15) is 24.0 Å². The lowest BCUT2D eigenvalue weighted by Crippen LogP contribution is -2.04. The first kappa shape index (κ1) is 11.4. The fraction of sp³-hybridized carbons (Fsp3) is 0.375. The molecule has 0 saturated heterocycles. The zero-order valence-electron chi connectivity index (χ0n) is 11.0. The number of benzene rings is 2. The van der Waals surface area contributed by atoms with Crippen LogP contribution in [0.2, 0.25) is 0 Å². The van der Waals surface area contributed by atoms with Crippen LogP contribution >= 0.6 is 0 Å². The van der Waals surface area contributed by atoms with Crippen molar-refractivity contribution >= 4 is 10.8 Å². The van der Waals surface area contributed by atoms with Gasteiger partial charge in [0.2, 0.25) is 0 Å². The summed E-state index contributed by atoms with van der Waals surface area (Å²) in [5.74, 6) is 1.85. The molecule has 0 aliphatic heterocycles. The van der Waals surface area contributed by atoms with Crippen LogP contribution in [0.4, 0.5) is 0 Å². The fourth-order valence-corrected chi connectivity index (χ4v) is 2.92. The average molecular weight is 242 g/mol. The maximum Gasteiger partial charge on any atom is 0.127 e. The summed E-state index contributed by atoms with van der Waals surface area (Å²) in [5.41, 5.74) is 2.95. The van der Waals surface area contributed by atoms with Crippen LogP contribution in [-0.4, -0.2) is 14.2 Å². The summed E-state index contributed by atoms with van der Waals surface area (Å²) in [5, 5.41) is 2.49. The molecule has 0 spiro atoms. The third-order valence-electron chi connectivity index (χ3n) is 3.85. The van der Waals surface area contributed by atoms with Gasteiger partial charge in [-0.15, -0.1) is 0 Å². The van der Waals surface area contributed by atoms with Crippen molar-refractivity contribution < 1.29 is 9.47 Å². The summed E-state index contributed by atoms with van der Waals surface area (Å²) in [6.45, 7) is 0. The average Bonchev–Trinajstić information content (AvgIpc) is 2.45. The predicted octanol–water partition coefficient (Wildman–Crippen LogP) is 3.74. The number of hydrogen-bond donors (Lipinski definition) is 0. The van der Waals surface area contributed by atoms with E-state index < -0.39 is 0 Å². The van der Waals surface area contributed by atoms with Crippen molar-refractivity contribution in [3.8, 4) is 11.5 Å². The first-order valence-corrected chi connectivity index (χ1v) is 6.50. The molecule has 0 atom stereocenters. The maximum absolute atomic E-state index is 5.54. The molecule has 0 saturated carbocycles. The van der Waals surface area contributed by atoms with Crippen molar-refractivity contribution in [2.24, 2.45) is 0 Å². The SMILES string of the molecule is COc1ccc2c3c(cc(OC)c2c1)CCCC3. The zero-order chi connectivity index (χ0) is 12.5. The van der Waals surface area contributed by atoms with Gasteiger partial charge in [0.15, 0.2) is 0 Å². The van der Waals surface area contributed by atoms with Gasteiger partial charge in [0.1, 0.15) is 11.5 Å². The van der Waals surface area contributed by atoms with Crippen molar-refractivity contribution in [1.82, 2.24) is 0 Å². The standard InChI is InChI=1S/C16H18O2/c1-17-12-7-8-14-13-6-4-3-5-11(13)9-16(18-2)15(14)10-12/h7-10H,3-6H2,1-2H3. The van der Waals surface area contributed by atoms with Crippen LogP contribution in [0.5, 0.6) is 11.5 Å². The normalized spacial score (nSPS) is 14.3. The minimum atomic E-state index is 0.886. The zero-order valence-corrected chi connectivity index (χ0v) is 11.0. The number of aryl methyl sites for hydroxylation is 2. The first-order valence-electron chi connectivity index (χ1n) is 6.50. The van der Waals surface area contributed by atoms with Gasteiger partial charge in [0.05, 0.1) is 14.2 Å². The molecule has 2 heteroatoms. The van der Waals surface area contributed by atoms with E-state index in [1.807, 2.05) is 6.07 Å². The van der Waals surface area contributed by atoms with Crippen LogP contribution < -0.4 is 9.47 Å². The van der Waals surface area contributed by atoms with Gasteiger partial charge in [-0.05, 0) is 60.4 Å². The molecule has 0 heterocycles. The number of ether oxygens (including phenoxy) is 2. The van der Waals surface area contributed by atoms with Crippen LogP contribution in [0.15, 0.2) is 24.3 Å². The fourth-order valence-electron chi connectivity index (χ4n) is 2.92. The smallest absolute Gasteiger partial charge is 0.127 e. The van der Waals surface area contributed by atoms with Gasteiger partial charge in [-0.25, -0.2) is 0 Å². The van der Waals surface area contributed by atoms with E-state index in [9.17, 15) is 0 Å². The van der Waals surface area contributed by atoms with E-state index in [1.54, 1.807) is 14.2 Å². The molecule has 2 aromatic carbocycles. The second-order valence-corrected chi connectivity index (χ2v) is 4.84. The number of fused-ring (bicyclic) bond motifs is 3. The summed E-state index contributed by atoms with van der Waals surface area (Å²) >= 11 is 0. The summed E-state index contributed by atoms with van der Waals surface area (Å²) in [7, 11) is 3.44. The molecule has 94 valence electrons. The Morgan fingerprint density at radius 3 is 2.50 bits per heavy atom. The molecular weight excluding hydrogens is 224 g/mol. The number of hydrogen-bond acceptors (Lipinski definition) is 2. The Morgan fingerprint density at radius 1 is 0.889 bits per heavy atom. The third kappa shape index (κ3) is 1.72. The van der Waals surface area contributed by atoms with Gasteiger partial charge >= 0.3 is 0 Å². The van der Waals surface area contributed by atoms with Crippen molar-refractivity contribution in [2.45, 2.75) is 25.7 Å². The molecule has 0 N–H and O–H groups in total.